The summed E-state index contributed by atoms with van der Waals surface area (Å²) in [4.78, 5) is 4.06. The summed E-state index contributed by atoms with van der Waals surface area (Å²) in [5.74, 6) is 0.195. The minimum atomic E-state index is 0. The normalized spacial score (nSPS) is 9.86. The Balaban J connectivity index is 0.000000980. The second-order valence-electron chi connectivity index (χ2n) is 2.59. The van der Waals surface area contributed by atoms with Crippen molar-refractivity contribution in [3.8, 4) is 5.75 Å². The van der Waals surface area contributed by atoms with E-state index in [0.717, 1.165) is 5.39 Å². The second-order valence-corrected chi connectivity index (χ2v) is 4.16. The Labute approximate surface area is 124 Å². The molecule has 0 unspecified atom stereocenters. The van der Waals surface area contributed by atoms with Crippen LogP contribution in [0.2, 0.25) is 5.02 Å². The van der Waals surface area contributed by atoms with E-state index in [1.807, 2.05) is 28.7 Å². The van der Waals surface area contributed by atoms with E-state index in [9.17, 15) is 5.11 Å². The summed E-state index contributed by atoms with van der Waals surface area (Å²) in [5.41, 5.74) is 0.555. The van der Waals surface area contributed by atoms with Crippen LogP contribution < -0.4 is 29.6 Å². The van der Waals surface area contributed by atoms with Crippen molar-refractivity contribution in [2.24, 2.45) is 0 Å². The van der Waals surface area contributed by atoms with Gasteiger partial charge in [0.25, 0.3) is 0 Å². The average molecular weight is 330 g/mol. The monoisotopic (exact) mass is 329 g/mol. The first kappa shape index (κ1) is 12.5. The van der Waals surface area contributed by atoms with Gasteiger partial charge < -0.3 is 6.53 Å². The van der Waals surface area contributed by atoms with Crippen molar-refractivity contribution in [3.63, 3.8) is 0 Å². The number of aromatic hydroxyl groups is 1. The molecule has 0 amide bonds. The summed E-state index contributed by atoms with van der Waals surface area (Å²) in [6, 6.07) is 5.35. The fourth-order valence-corrected chi connectivity index (χ4v) is 2.17. The van der Waals surface area contributed by atoms with Crippen molar-refractivity contribution in [3.05, 3.63) is 33.0 Å². The topological polar surface area (TPSA) is 33.1 Å². The van der Waals surface area contributed by atoms with Gasteiger partial charge in [-0.15, -0.1) is 0 Å². The first-order valence-electron chi connectivity index (χ1n) is 3.62. The molecule has 0 aliphatic carbocycles. The van der Waals surface area contributed by atoms with Crippen LogP contribution in [0.25, 0.3) is 10.9 Å². The van der Waals surface area contributed by atoms with Gasteiger partial charge in [0.15, 0.2) is 5.75 Å². The molecule has 0 saturated heterocycles. The third-order valence-electron chi connectivity index (χ3n) is 1.77. The molecule has 0 fully saturated rings. The summed E-state index contributed by atoms with van der Waals surface area (Å²) >= 11 is 8.00. The quantitative estimate of drug-likeness (QED) is 0.558. The molecule has 2 rings (SSSR count). The fourth-order valence-electron chi connectivity index (χ4n) is 1.16. The number of nitrogens with zero attached hydrogens (tertiary/aromatic N) is 1. The first-order valence-corrected chi connectivity index (χ1v) is 5.07. The number of benzene rings is 1. The van der Waals surface area contributed by atoms with Gasteiger partial charge in [-0.3, -0.25) is 4.98 Å². The Morgan fingerprint density at radius 1 is 1.50 bits per heavy atom. The Hall–Kier alpha value is 0.450. The van der Waals surface area contributed by atoms with Crippen molar-refractivity contribution >= 4 is 45.1 Å². The molecule has 0 aliphatic heterocycles. The minimum absolute atomic E-state index is 0. The summed E-state index contributed by atoms with van der Waals surface area (Å²) in [7, 11) is 0. The van der Waals surface area contributed by atoms with Gasteiger partial charge in [-0.2, -0.15) is 0 Å². The van der Waals surface area contributed by atoms with Crippen LogP contribution in [0, 0.1) is 3.57 Å². The van der Waals surface area contributed by atoms with E-state index in [1.54, 1.807) is 18.3 Å². The fraction of sp³-hybridized carbons (Fsp3) is 0. The van der Waals surface area contributed by atoms with Gasteiger partial charge in [0.05, 0.1) is 8.59 Å². The van der Waals surface area contributed by atoms with Crippen LogP contribution in [0.4, 0.5) is 0 Å². The number of phenols is 1. The van der Waals surface area contributed by atoms with Gasteiger partial charge in [0, 0.05) is 11.6 Å². The Morgan fingerprint density at radius 3 is 2.93 bits per heavy atom. The zero-order chi connectivity index (χ0) is 9.42. The van der Waals surface area contributed by atoms with Crippen molar-refractivity contribution in [2.45, 2.75) is 0 Å². The molecule has 1 N–H and O–H groups in total. The first-order chi connectivity index (χ1) is 6.20. The predicted octanol–water partition coefficient (Wildman–Crippen LogP) is 0.315. The average Bonchev–Trinajstić information content (AvgIpc) is 2.15. The number of hydrogen-bond donors (Lipinski definition) is 1. The van der Waals surface area contributed by atoms with Gasteiger partial charge in [-0.25, -0.2) is 0 Å². The summed E-state index contributed by atoms with van der Waals surface area (Å²) in [6.07, 6.45) is 1.63. The Morgan fingerprint density at radius 2 is 2.21 bits per heavy atom. The smallest absolute Gasteiger partial charge is 1.00 e. The molecule has 68 valence electrons. The summed E-state index contributed by atoms with van der Waals surface area (Å²) in [6.45, 7) is 0. The number of halogens is 2. The maximum absolute atomic E-state index is 9.65. The van der Waals surface area contributed by atoms with Crippen molar-refractivity contribution in [1.29, 1.82) is 0 Å². The number of aromatic nitrogens is 1. The second kappa shape index (κ2) is 4.99. The zero-order valence-corrected chi connectivity index (χ0v) is 12.4. The number of phenolic OH excluding ortho intramolecular Hbond substituents is 1. The predicted molar refractivity (Wildman–Crippen MR) is 62.2 cm³/mol. The van der Waals surface area contributed by atoms with Crippen molar-refractivity contribution in [1.82, 2.24) is 4.98 Å². The van der Waals surface area contributed by atoms with E-state index in [0.29, 0.717) is 14.1 Å². The number of fused-ring (bicyclic) bond motifs is 1. The van der Waals surface area contributed by atoms with Crippen LogP contribution in [0.15, 0.2) is 24.4 Å². The van der Waals surface area contributed by atoms with Gasteiger partial charge in [0.2, 0.25) is 0 Å². The van der Waals surface area contributed by atoms with E-state index < -0.39 is 0 Å². The van der Waals surface area contributed by atoms with Gasteiger partial charge in [0.1, 0.15) is 5.52 Å². The molecule has 0 radical (unpaired) electrons. The standard InChI is InChI=1S/C9H5ClINO.Na.H/c10-6-4-7(11)9(13)8-5(6)2-1-3-12-8;;/h1-4,13H;;/q;+1;-1. The number of pyridine rings is 1. The molecule has 0 aliphatic rings. The number of hydrogen-bond acceptors (Lipinski definition) is 2. The summed E-state index contributed by atoms with van der Waals surface area (Å²) in [5, 5.41) is 11.0. The molecular formula is C9H6ClINNaO. The third kappa shape index (κ3) is 2.17. The molecular weight excluding hydrogens is 323 g/mol. The van der Waals surface area contributed by atoms with Gasteiger partial charge in [-0.1, -0.05) is 11.6 Å². The van der Waals surface area contributed by atoms with Crippen molar-refractivity contribution < 1.29 is 36.1 Å². The third-order valence-corrected chi connectivity index (χ3v) is 2.90. The van der Waals surface area contributed by atoms with Crippen LogP contribution in [0.5, 0.6) is 5.75 Å². The Kier molecular flexibility index (Phi) is 4.46. The molecule has 0 atom stereocenters. The van der Waals surface area contributed by atoms with E-state index in [1.165, 1.54) is 0 Å². The van der Waals surface area contributed by atoms with Gasteiger partial charge in [-0.05, 0) is 40.8 Å². The maximum Gasteiger partial charge on any atom is 1.00 e. The molecule has 1 aromatic heterocycles. The molecule has 0 saturated carbocycles. The van der Waals surface area contributed by atoms with E-state index in [2.05, 4.69) is 4.98 Å². The van der Waals surface area contributed by atoms with Gasteiger partial charge >= 0.3 is 29.6 Å². The van der Waals surface area contributed by atoms with Crippen LogP contribution in [0.3, 0.4) is 0 Å². The maximum atomic E-state index is 9.65. The zero-order valence-electron chi connectivity index (χ0n) is 8.46. The van der Waals surface area contributed by atoms with Crippen LogP contribution in [-0.4, -0.2) is 10.1 Å². The summed E-state index contributed by atoms with van der Waals surface area (Å²) < 4.78 is 0.716. The molecule has 0 spiro atoms. The largest absolute Gasteiger partial charge is 1.00 e. The molecule has 5 heteroatoms. The molecule has 0 bridgehead atoms. The van der Waals surface area contributed by atoms with Crippen LogP contribution >= 0.6 is 34.2 Å². The number of rotatable bonds is 0. The molecule has 14 heavy (non-hydrogen) atoms. The molecule has 2 nitrogen and oxygen atoms in total. The SMILES string of the molecule is Oc1c(I)cc(Cl)c2cccnc12.[H-].[Na+]. The van der Waals surface area contributed by atoms with E-state index in [4.69, 9.17) is 11.6 Å². The molecule has 2 aromatic rings. The van der Waals surface area contributed by atoms with E-state index in [-0.39, 0.29) is 36.7 Å². The minimum Gasteiger partial charge on any atom is -1.00 e. The van der Waals surface area contributed by atoms with E-state index >= 15 is 0 Å². The van der Waals surface area contributed by atoms with Crippen LogP contribution in [0.1, 0.15) is 1.43 Å². The van der Waals surface area contributed by atoms with Crippen LogP contribution in [-0.2, 0) is 0 Å². The van der Waals surface area contributed by atoms with Crippen molar-refractivity contribution in [2.75, 3.05) is 0 Å². The Bertz CT molecular complexity index is 483. The molecule has 1 heterocycles. The molecule has 1 aromatic carbocycles.